The summed E-state index contributed by atoms with van der Waals surface area (Å²) in [6, 6.07) is 0.510. The van der Waals surface area contributed by atoms with Gasteiger partial charge in [0.2, 0.25) is 5.91 Å². The van der Waals surface area contributed by atoms with E-state index in [1.54, 1.807) is 20.8 Å². The fourth-order valence-corrected chi connectivity index (χ4v) is 3.07. The minimum Gasteiger partial charge on any atom is -0.444 e. The fourth-order valence-electron chi connectivity index (χ4n) is 2.91. The number of aliphatic hydroxyl groups is 1. The number of likely N-dealkylation sites (tertiary alicyclic amines) is 1. The van der Waals surface area contributed by atoms with Gasteiger partial charge in [-0.3, -0.25) is 9.69 Å². The number of likely N-dealkylation sites (N-methyl/N-ethyl adjacent to an activating group) is 1. The lowest BCUT2D eigenvalue weighted by Crippen LogP contribution is -2.48. The molecule has 1 saturated heterocycles. The summed E-state index contributed by atoms with van der Waals surface area (Å²) in [6.07, 6.45) is -0.809. The van der Waals surface area contributed by atoms with E-state index in [9.17, 15) is 23.5 Å². The first kappa shape index (κ1) is 21.4. The van der Waals surface area contributed by atoms with Crippen molar-refractivity contribution in [2.75, 3.05) is 18.5 Å². The van der Waals surface area contributed by atoms with Gasteiger partial charge in [0.25, 0.3) is 0 Å². The zero-order valence-electron chi connectivity index (χ0n) is 15.8. The summed E-state index contributed by atoms with van der Waals surface area (Å²) < 4.78 is 32.8. The summed E-state index contributed by atoms with van der Waals surface area (Å²) in [7, 11) is 1.29. The van der Waals surface area contributed by atoms with E-state index >= 15 is 0 Å². The molecule has 2 amide bonds. The van der Waals surface area contributed by atoms with E-state index in [0.29, 0.717) is 6.07 Å². The number of carbonyl (C=O) groups is 2. The van der Waals surface area contributed by atoms with E-state index in [4.69, 9.17) is 16.3 Å². The largest absolute Gasteiger partial charge is 0.444 e. The van der Waals surface area contributed by atoms with Crippen LogP contribution in [0.4, 0.5) is 19.3 Å². The van der Waals surface area contributed by atoms with Gasteiger partial charge in [0.15, 0.2) is 0 Å². The predicted molar refractivity (Wildman–Crippen MR) is 96.7 cm³/mol. The van der Waals surface area contributed by atoms with Gasteiger partial charge in [-0.1, -0.05) is 11.6 Å². The molecule has 1 fully saturated rings. The van der Waals surface area contributed by atoms with Crippen molar-refractivity contribution in [2.24, 2.45) is 0 Å². The van der Waals surface area contributed by atoms with E-state index in [1.807, 2.05) is 0 Å². The number of anilines is 1. The van der Waals surface area contributed by atoms with Crippen LogP contribution in [0.3, 0.4) is 0 Å². The van der Waals surface area contributed by atoms with Crippen LogP contribution in [0.1, 0.15) is 34.1 Å². The van der Waals surface area contributed by atoms with Gasteiger partial charge in [0.05, 0.1) is 22.9 Å². The molecule has 0 unspecified atom stereocenters. The first-order chi connectivity index (χ1) is 12.2. The molecule has 2 rings (SSSR count). The number of carbonyl (C=O) groups excluding carboxylic acids is 2. The molecule has 0 spiro atoms. The maximum absolute atomic E-state index is 14.1. The topological polar surface area (TPSA) is 70.1 Å². The summed E-state index contributed by atoms with van der Waals surface area (Å²) in [6.45, 7) is 6.42. The van der Waals surface area contributed by atoms with E-state index < -0.39 is 40.9 Å². The summed E-state index contributed by atoms with van der Waals surface area (Å²) in [5.74, 6) is -2.57. The number of halogens is 3. The lowest BCUT2D eigenvalue weighted by atomic mass is 10.0. The van der Waals surface area contributed by atoms with Gasteiger partial charge in [-0.25, -0.2) is 13.6 Å². The van der Waals surface area contributed by atoms with Gasteiger partial charge >= 0.3 is 6.09 Å². The van der Waals surface area contributed by atoms with Crippen LogP contribution in [0.15, 0.2) is 12.1 Å². The van der Waals surface area contributed by atoms with Gasteiger partial charge in [-0.15, -0.1) is 0 Å². The second-order valence-electron chi connectivity index (χ2n) is 7.94. The average Bonchev–Trinajstić information content (AvgIpc) is 2.84. The van der Waals surface area contributed by atoms with E-state index in [1.165, 1.54) is 14.0 Å². The van der Waals surface area contributed by atoms with Crippen LogP contribution in [0.5, 0.6) is 0 Å². The predicted octanol–water partition coefficient (Wildman–Crippen LogP) is 3.34. The molecular formula is C18H23ClF2N2O4. The Hall–Kier alpha value is -1.93. The molecular weight excluding hydrogens is 382 g/mol. The third kappa shape index (κ3) is 4.87. The SMILES string of the molecule is CN(C(=O)[C@@H]1C[C@](C)(O)CN1C(=O)OC(C)(C)C)c1cc(Cl)c(F)cc1F. The Balaban J connectivity index is 2.31. The minimum absolute atomic E-state index is 0.0496. The third-order valence-corrected chi connectivity index (χ3v) is 4.40. The Morgan fingerprint density at radius 3 is 2.48 bits per heavy atom. The molecule has 6 nitrogen and oxygen atoms in total. The number of β-amino-alcohol motifs (C(OH)–C–C–N with tert-alkyl or cyclic N) is 1. The monoisotopic (exact) mass is 404 g/mol. The normalized spacial score (nSPS) is 22.7. The van der Waals surface area contributed by atoms with E-state index in [0.717, 1.165) is 15.9 Å². The summed E-state index contributed by atoms with van der Waals surface area (Å²) in [5, 5.41) is 10.0. The van der Waals surface area contributed by atoms with Crippen molar-refractivity contribution in [1.82, 2.24) is 4.90 Å². The molecule has 1 N–H and O–H groups in total. The highest BCUT2D eigenvalue weighted by Gasteiger charge is 2.47. The minimum atomic E-state index is -1.31. The molecule has 0 saturated carbocycles. The van der Waals surface area contributed by atoms with Crippen molar-refractivity contribution in [3.05, 3.63) is 28.8 Å². The van der Waals surface area contributed by atoms with Gasteiger partial charge < -0.3 is 14.7 Å². The molecule has 1 aliphatic rings. The summed E-state index contributed by atoms with van der Waals surface area (Å²) in [5.41, 5.74) is -2.33. The number of ether oxygens (including phenoxy) is 1. The molecule has 0 aromatic heterocycles. The quantitative estimate of drug-likeness (QED) is 0.767. The molecule has 9 heteroatoms. The van der Waals surface area contributed by atoms with E-state index in [-0.39, 0.29) is 23.7 Å². The molecule has 27 heavy (non-hydrogen) atoms. The molecule has 0 aliphatic carbocycles. The van der Waals surface area contributed by atoms with Crippen molar-refractivity contribution in [1.29, 1.82) is 0 Å². The maximum Gasteiger partial charge on any atom is 0.411 e. The standard InChI is InChI=1S/C18H23ClF2N2O4/c1-17(2,3)27-16(25)23-9-18(4,26)8-14(23)15(24)22(5)13-6-10(19)11(20)7-12(13)21/h6-7,14,26H,8-9H2,1-5H3/t14-,18-/m0/s1. The highest BCUT2D eigenvalue weighted by Crippen LogP contribution is 2.32. The van der Waals surface area contributed by atoms with E-state index in [2.05, 4.69) is 0 Å². The van der Waals surface area contributed by atoms with Crippen molar-refractivity contribution in [2.45, 2.75) is 51.4 Å². The highest BCUT2D eigenvalue weighted by molar-refractivity contribution is 6.31. The Morgan fingerprint density at radius 2 is 1.93 bits per heavy atom. The molecule has 1 aromatic rings. The van der Waals surface area contributed by atoms with Crippen LogP contribution >= 0.6 is 11.6 Å². The van der Waals surface area contributed by atoms with Gasteiger partial charge in [0, 0.05) is 19.5 Å². The Labute approximate surface area is 161 Å². The van der Waals surface area contributed by atoms with Crippen LogP contribution in [0, 0.1) is 11.6 Å². The fraction of sp³-hybridized carbons (Fsp3) is 0.556. The molecule has 2 atom stereocenters. The zero-order valence-corrected chi connectivity index (χ0v) is 16.6. The van der Waals surface area contributed by atoms with Crippen LogP contribution in [-0.4, -0.2) is 52.8 Å². The third-order valence-electron chi connectivity index (χ3n) is 4.12. The number of hydrogen-bond acceptors (Lipinski definition) is 4. The van der Waals surface area contributed by atoms with Crippen LogP contribution < -0.4 is 4.90 Å². The number of benzene rings is 1. The van der Waals surface area contributed by atoms with Crippen LogP contribution in [-0.2, 0) is 9.53 Å². The molecule has 1 heterocycles. The molecule has 1 aliphatic heterocycles. The van der Waals surface area contributed by atoms with Crippen molar-refractivity contribution >= 4 is 29.3 Å². The van der Waals surface area contributed by atoms with Crippen LogP contribution in [0.2, 0.25) is 5.02 Å². The van der Waals surface area contributed by atoms with Gasteiger partial charge in [-0.05, 0) is 33.8 Å². The van der Waals surface area contributed by atoms with Gasteiger partial charge in [0.1, 0.15) is 23.3 Å². The maximum atomic E-state index is 14.1. The van der Waals surface area contributed by atoms with Crippen molar-refractivity contribution < 1.29 is 28.2 Å². The summed E-state index contributed by atoms with van der Waals surface area (Å²) in [4.78, 5) is 27.5. The lowest BCUT2D eigenvalue weighted by molar-refractivity contribution is -0.122. The first-order valence-electron chi connectivity index (χ1n) is 8.36. The first-order valence-corrected chi connectivity index (χ1v) is 8.74. The number of hydrogen-bond donors (Lipinski definition) is 1. The number of nitrogens with zero attached hydrogens (tertiary/aromatic N) is 2. The molecule has 1 aromatic carbocycles. The van der Waals surface area contributed by atoms with Crippen LogP contribution in [0.25, 0.3) is 0 Å². The Morgan fingerprint density at radius 1 is 1.33 bits per heavy atom. The van der Waals surface area contributed by atoms with Gasteiger partial charge in [-0.2, -0.15) is 0 Å². The molecule has 150 valence electrons. The second kappa shape index (κ2) is 7.24. The smallest absolute Gasteiger partial charge is 0.411 e. The molecule has 0 bridgehead atoms. The highest BCUT2D eigenvalue weighted by atomic mass is 35.5. The Kier molecular flexibility index (Phi) is 5.73. The van der Waals surface area contributed by atoms with Crippen molar-refractivity contribution in [3.63, 3.8) is 0 Å². The Bertz CT molecular complexity index is 764. The summed E-state index contributed by atoms with van der Waals surface area (Å²) >= 11 is 5.69. The lowest BCUT2D eigenvalue weighted by Gasteiger charge is -2.30. The zero-order chi connectivity index (χ0) is 20.7. The second-order valence-corrected chi connectivity index (χ2v) is 8.35. The number of rotatable bonds is 2. The molecule has 0 radical (unpaired) electrons. The van der Waals surface area contributed by atoms with Crippen molar-refractivity contribution in [3.8, 4) is 0 Å². The average molecular weight is 405 g/mol. The number of amides is 2.